The van der Waals surface area contributed by atoms with E-state index in [2.05, 4.69) is 16.0 Å². The Morgan fingerprint density at radius 2 is 1.64 bits per heavy atom. The maximum Gasteiger partial charge on any atom is 1.00 e. The zero-order valence-electron chi connectivity index (χ0n) is 17.7. The van der Waals surface area contributed by atoms with Crippen LogP contribution in [0.15, 0.2) is 0 Å². The summed E-state index contributed by atoms with van der Waals surface area (Å²) in [5, 5.41) is 0. The van der Waals surface area contributed by atoms with Crippen LogP contribution in [0.3, 0.4) is 0 Å². The molecule has 0 N–H and O–H groups in total. The third-order valence-corrected chi connectivity index (χ3v) is 6.60. The van der Waals surface area contributed by atoms with Crippen molar-refractivity contribution in [3.05, 3.63) is 0 Å². The number of esters is 1. The molecule has 6 nitrogen and oxygen atoms in total. The largest absolute Gasteiger partial charge is 1.00 e. The Bertz CT molecular complexity index is 489. The van der Waals surface area contributed by atoms with Gasteiger partial charge in [0.1, 0.15) is 12.7 Å². The Hall–Kier alpha value is 0.580. The normalized spacial score (nSPS) is 28.7. The van der Waals surface area contributed by atoms with E-state index in [1.165, 1.54) is 64.2 Å². The Morgan fingerprint density at radius 3 is 2.25 bits per heavy atom. The Morgan fingerprint density at radius 1 is 1.04 bits per heavy atom. The molecule has 1 saturated heterocycles. The molecule has 0 aromatic heterocycles. The van der Waals surface area contributed by atoms with Gasteiger partial charge in [0.25, 0.3) is 7.82 Å². The van der Waals surface area contributed by atoms with Gasteiger partial charge >= 0.3 is 35.5 Å². The first-order valence-electron chi connectivity index (χ1n) is 10.8. The molecular weight excluding hydrogens is 390 g/mol. The second-order valence-corrected chi connectivity index (χ2v) is 9.43. The smallest absolute Gasteiger partial charge is 0.756 e. The van der Waals surface area contributed by atoms with Gasteiger partial charge < -0.3 is 18.7 Å². The van der Waals surface area contributed by atoms with Crippen LogP contribution in [-0.4, -0.2) is 25.3 Å². The summed E-state index contributed by atoms with van der Waals surface area (Å²) in [5.41, 5.74) is 0. The average molecular weight is 426 g/mol. The number of hydrogen-bond donors (Lipinski definition) is 0. The van der Waals surface area contributed by atoms with E-state index in [1.54, 1.807) is 0 Å². The molecule has 1 heterocycles. The maximum atomic E-state index is 11.6. The van der Waals surface area contributed by atoms with Crippen LogP contribution in [0.2, 0.25) is 0 Å². The van der Waals surface area contributed by atoms with Crippen molar-refractivity contribution < 1.29 is 57.6 Å². The summed E-state index contributed by atoms with van der Waals surface area (Å²) in [7, 11) is -4.15. The molecule has 4 atom stereocenters. The topological polar surface area (TPSA) is 84.9 Å². The van der Waals surface area contributed by atoms with Crippen LogP contribution in [0.25, 0.3) is 0 Å². The number of carbonyl (C=O) groups is 1. The van der Waals surface area contributed by atoms with E-state index < -0.39 is 13.9 Å². The molecule has 1 saturated carbocycles. The van der Waals surface area contributed by atoms with Gasteiger partial charge in [0, 0.05) is 6.42 Å². The number of hydrogen-bond acceptors (Lipinski definition) is 6. The van der Waals surface area contributed by atoms with E-state index in [-0.39, 0.29) is 48.7 Å². The molecule has 2 fully saturated rings. The van der Waals surface area contributed by atoms with Gasteiger partial charge in [-0.1, -0.05) is 71.1 Å². The van der Waals surface area contributed by atoms with Gasteiger partial charge in [-0.2, -0.15) is 0 Å². The molecule has 158 valence electrons. The molecule has 2 aliphatic rings. The van der Waals surface area contributed by atoms with Crippen LogP contribution in [0.1, 0.15) is 90.4 Å². The summed E-state index contributed by atoms with van der Waals surface area (Å²) >= 11 is 0. The zero-order chi connectivity index (χ0) is 19.5. The van der Waals surface area contributed by atoms with Crippen LogP contribution in [0, 0.1) is 11.8 Å². The van der Waals surface area contributed by atoms with Gasteiger partial charge in [-0.3, -0.25) is 9.36 Å². The number of phosphoric ester groups is 1. The maximum absolute atomic E-state index is 11.6. The Labute approximate surface area is 192 Å². The summed E-state index contributed by atoms with van der Waals surface area (Å²) < 4.78 is 25.1. The predicted molar refractivity (Wildman–Crippen MR) is 102 cm³/mol. The molecule has 1 aliphatic carbocycles. The molecule has 0 radical (unpaired) electrons. The minimum Gasteiger partial charge on any atom is -0.756 e. The van der Waals surface area contributed by atoms with Gasteiger partial charge in [-0.05, 0) is 24.7 Å². The molecule has 0 aromatic carbocycles. The van der Waals surface area contributed by atoms with Crippen molar-refractivity contribution in [2.75, 3.05) is 13.2 Å². The van der Waals surface area contributed by atoms with Gasteiger partial charge in [0.15, 0.2) is 0 Å². The fourth-order valence-corrected chi connectivity index (χ4v) is 4.71. The molecule has 1 aliphatic heterocycles. The monoisotopic (exact) mass is 426 g/mol. The second-order valence-electron chi connectivity index (χ2n) is 8.07. The fourth-order valence-electron chi connectivity index (χ4n) is 3.81. The van der Waals surface area contributed by atoms with Crippen molar-refractivity contribution in [3.63, 3.8) is 0 Å². The Balaban J connectivity index is 0.00000392. The number of unbranched alkanes of at least 4 members (excludes halogenated alkanes) is 7. The zero-order valence-corrected chi connectivity index (χ0v) is 20.6. The van der Waals surface area contributed by atoms with E-state index in [0.29, 0.717) is 6.42 Å². The van der Waals surface area contributed by atoms with Crippen molar-refractivity contribution >= 4 is 13.8 Å². The van der Waals surface area contributed by atoms with Gasteiger partial charge in [0.2, 0.25) is 0 Å². The van der Waals surface area contributed by atoms with Crippen molar-refractivity contribution in [3.8, 4) is 0 Å². The first-order valence-corrected chi connectivity index (χ1v) is 12.3. The summed E-state index contributed by atoms with van der Waals surface area (Å²) in [6.45, 7) is 2.12. The summed E-state index contributed by atoms with van der Waals surface area (Å²) in [6.07, 6.45) is 15.1. The Kier molecular flexibility index (Phi) is 13.8. The van der Waals surface area contributed by atoms with Gasteiger partial charge in [0.05, 0.1) is 6.61 Å². The number of ether oxygens (including phenoxy) is 1. The molecule has 2 rings (SSSR count). The number of rotatable bonds is 15. The van der Waals surface area contributed by atoms with Gasteiger partial charge in [-0.15, -0.1) is 0 Å². The summed E-state index contributed by atoms with van der Waals surface area (Å²) in [6, 6.07) is 0. The van der Waals surface area contributed by atoms with Crippen LogP contribution in [-0.2, 0) is 23.1 Å². The standard InChI is InChI=1S/C20H37O6P.Na/c1-2-3-4-8-11-17-14-18(17)12-9-6-5-7-10-13-20(21)24-15-19-16-25-27(22,23)26-19;/h17-19H,2-16H2,1H3,(H,22,23);/q;+1/p-1/t17-,18+,19-;/m0./s1. The number of carbonyl (C=O) groups excluding carboxylic acids is 1. The first kappa shape index (κ1) is 26.6. The minimum absolute atomic E-state index is 0. The van der Waals surface area contributed by atoms with E-state index in [1.807, 2.05) is 0 Å². The molecule has 1 unspecified atom stereocenters. The molecular formula is C20H36NaO6P. The SMILES string of the molecule is CCCCCC[C@H]1C[C@H]1CCCCCCCC(=O)OC[C@H]1COP(=O)([O-])O1.[Na+]. The molecule has 0 aromatic rings. The van der Waals surface area contributed by atoms with E-state index in [4.69, 9.17) is 4.74 Å². The summed E-state index contributed by atoms with van der Waals surface area (Å²) in [4.78, 5) is 22.6. The molecule has 0 spiro atoms. The predicted octanol–water partition coefficient (Wildman–Crippen LogP) is 1.75. The van der Waals surface area contributed by atoms with E-state index in [0.717, 1.165) is 24.7 Å². The fraction of sp³-hybridized carbons (Fsp3) is 0.950. The number of phosphoric acid groups is 1. The third kappa shape index (κ3) is 11.7. The van der Waals surface area contributed by atoms with Crippen molar-refractivity contribution in [1.29, 1.82) is 0 Å². The van der Waals surface area contributed by atoms with Gasteiger partial charge in [-0.25, -0.2) is 0 Å². The van der Waals surface area contributed by atoms with Crippen molar-refractivity contribution in [2.24, 2.45) is 11.8 Å². The molecule has 28 heavy (non-hydrogen) atoms. The molecule has 0 amide bonds. The van der Waals surface area contributed by atoms with E-state index in [9.17, 15) is 14.3 Å². The van der Waals surface area contributed by atoms with Crippen LogP contribution in [0.4, 0.5) is 0 Å². The van der Waals surface area contributed by atoms with E-state index >= 15 is 0 Å². The molecule has 8 heteroatoms. The van der Waals surface area contributed by atoms with Crippen LogP contribution >= 0.6 is 7.82 Å². The second kappa shape index (κ2) is 14.6. The summed E-state index contributed by atoms with van der Waals surface area (Å²) in [5.74, 6) is 1.71. The molecule has 0 bridgehead atoms. The quantitative estimate of drug-likeness (QED) is 0.172. The van der Waals surface area contributed by atoms with Crippen molar-refractivity contribution in [2.45, 2.75) is 96.5 Å². The van der Waals surface area contributed by atoms with Crippen LogP contribution < -0.4 is 34.5 Å². The third-order valence-electron chi connectivity index (χ3n) is 5.58. The average Bonchev–Trinajstić information content (AvgIpc) is 3.28. The van der Waals surface area contributed by atoms with Crippen LogP contribution in [0.5, 0.6) is 0 Å². The first-order chi connectivity index (χ1) is 13.0. The minimum atomic E-state index is -4.15. The van der Waals surface area contributed by atoms with Crippen molar-refractivity contribution in [1.82, 2.24) is 0 Å².